The van der Waals surface area contributed by atoms with Crippen LogP contribution in [0.4, 0.5) is 5.69 Å². The molecular formula is C48H39N5. The quantitative estimate of drug-likeness (QED) is 0.161. The maximum atomic E-state index is 6.22. The highest BCUT2D eigenvalue weighted by molar-refractivity contribution is 6.06. The van der Waals surface area contributed by atoms with E-state index in [1.54, 1.807) is 0 Å². The van der Waals surface area contributed by atoms with Crippen LogP contribution in [-0.4, -0.2) is 19.9 Å². The van der Waals surface area contributed by atoms with E-state index in [-0.39, 0.29) is 0 Å². The van der Waals surface area contributed by atoms with Crippen molar-refractivity contribution in [3.8, 4) is 44.5 Å². The summed E-state index contributed by atoms with van der Waals surface area (Å²) in [6.45, 7) is 8.76. The van der Waals surface area contributed by atoms with Gasteiger partial charge in [0.05, 0.1) is 22.8 Å². The number of nitrogens with one attached hydrogen (secondary N) is 2. The summed E-state index contributed by atoms with van der Waals surface area (Å²) in [5.41, 5.74) is 27.7. The van der Waals surface area contributed by atoms with Crippen LogP contribution >= 0.6 is 0 Å². The predicted molar refractivity (Wildman–Crippen MR) is 223 cm³/mol. The third-order valence-corrected chi connectivity index (χ3v) is 10.8. The van der Waals surface area contributed by atoms with E-state index < -0.39 is 0 Å². The molecule has 0 unspecified atom stereocenters. The minimum atomic E-state index is 0.719. The van der Waals surface area contributed by atoms with Crippen LogP contribution < -0.4 is 5.73 Å². The Bertz CT molecular complexity index is 2750. The van der Waals surface area contributed by atoms with E-state index in [1.165, 1.54) is 0 Å². The Morgan fingerprint density at radius 2 is 0.604 bits per heavy atom. The van der Waals surface area contributed by atoms with Crippen LogP contribution in [0.5, 0.6) is 0 Å². The largest absolute Gasteiger partial charge is 0.399 e. The molecule has 0 saturated heterocycles. The van der Waals surface area contributed by atoms with Crippen molar-refractivity contribution in [2.45, 2.75) is 27.7 Å². The summed E-state index contributed by atoms with van der Waals surface area (Å²) in [7, 11) is 0. The highest BCUT2D eigenvalue weighted by Crippen LogP contribution is 2.44. The molecule has 5 heteroatoms. The van der Waals surface area contributed by atoms with Crippen molar-refractivity contribution in [2.75, 3.05) is 5.73 Å². The van der Waals surface area contributed by atoms with E-state index in [2.05, 4.69) is 165 Å². The Labute approximate surface area is 309 Å². The molecule has 53 heavy (non-hydrogen) atoms. The highest BCUT2D eigenvalue weighted by Gasteiger charge is 2.25. The van der Waals surface area contributed by atoms with Gasteiger partial charge in [0, 0.05) is 50.0 Å². The van der Waals surface area contributed by atoms with Crippen molar-refractivity contribution in [3.05, 3.63) is 162 Å². The van der Waals surface area contributed by atoms with Gasteiger partial charge in [-0.2, -0.15) is 0 Å². The molecule has 256 valence electrons. The topological polar surface area (TPSA) is 83.4 Å². The molecule has 4 N–H and O–H groups in total. The van der Waals surface area contributed by atoms with Gasteiger partial charge in [-0.15, -0.1) is 0 Å². The average Bonchev–Trinajstić information content (AvgIpc) is 3.98. The molecule has 9 rings (SSSR count). The zero-order valence-corrected chi connectivity index (χ0v) is 30.3. The molecule has 7 aromatic rings. The van der Waals surface area contributed by atoms with E-state index in [0.29, 0.717) is 0 Å². The lowest BCUT2D eigenvalue weighted by molar-refractivity contribution is 1.29. The Hall–Kier alpha value is -6.72. The molecule has 4 aromatic carbocycles. The number of rotatable bonds is 4. The number of benzene rings is 4. The molecular weight excluding hydrogens is 647 g/mol. The summed E-state index contributed by atoms with van der Waals surface area (Å²) in [5.74, 6) is 0. The number of fused-ring (bicyclic) bond motifs is 8. The van der Waals surface area contributed by atoms with Crippen LogP contribution in [0.3, 0.4) is 0 Å². The second-order valence-electron chi connectivity index (χ2n) is 13.9. The molecule has 5 nitrogen and oxygen atoms in total. The van der Waals surface area contributed by atoms with Gasteiger partial charge in [0.2, 0.25) is 0 Å². The first kappa shape index (κ1) is 32.2. The number of anilines is 1. The lowest BCUT2D eigenvalue weighted by Crippen LogP contribution is -1.91. The molecule has 8 bridgehead atoms. The standard InChI is InChI=1S/C48H39N5/c1-28-29(2)46-43(34-18-12-7-13-19-34)39-26-27-40(51-39)44(35-20-22-36(49)23-21-35)48-31(4)30(3)47(53-48)42(33-16-10-6-11-17-33)38-25-24-37(50-38)41(45(28)52-46)32-14-8-5-9-15-32/h5-27,50-51H,49H2,1-4H3. The second kappa shape index (κ2) is 12.8. The maximum absolute atomic E-state index is 6.22. The molecule has 0 spiro atoms. The van der Waals surface area contributed by atoms with Gasteiger partial charge in [0.15, 0.2) is 0 Å². The van der Waals surface area contributed by atoms with Crippen molar-refractivity contribution in [1.82, 2.24) is 19.9 Å². The van der Waals surface area contributed by atoms with Crippen molar-refractivity contribution in [1.29, 1.82) is 0 Å². The summed E-state index contributed by atoms with van der Waals surface area (Å²) >= 11 is 0. The summed E-state index contributed by atoms with van der Waals surface area (Å²) in [6.07, 6.45) is 0. The van der Waals surface area contributed by atoms with Gasteiger partial charge >= 0.3 is 0 Å². The Morgan fingerprint density at radius 1 is 0.340 bits per heavy atom. The summed E-state index contributed by atoms with van der Waals surface area (Å²) in [4.78, 5) is 18.9. The number of aromatic nitrogens is 4. The summed E-state index contributed by atoms with van der Waals surface area (Å²) < 4.78 is 0. The normalized spacial score (nSPS) is 12.8. The molecule has 3 aromatic heterocycles. The van der Waals surface area contributed by atoms with Gasteiger partial charge in [0.1, 0.15) is 0 Å². The Balaban J connectivity index is 1.55. The van der Waals surface area contributed by atoms with Crippen LogP contribution in [0.2, 0.25) is 0 Å². The predicted octanol–water partition coefficient (Wildman–Crippen LogP) is 12.5. The molecule has 2 aliphatic heterocycles. The number of hydrogen-bond acceptors (Lipinski definition) is 3. The number of nitrogens with two attached hydrogens (primary N) is 1. The third-order valence-electron chi connectivity index (χ3n) is 10.8. The van der Waals surface area contributed by atoms with Crippen molar-refractivity contribution in [2.24, 2.45) is 0 Å². The van der Waals surface area contributed by atoms with Gasteiger partial charge in [-0.3, -0.25) is 0 Å². The minimum Gasteiger partial charge on any atom is -0.399 e. The fourth-order valence-electron chi connectivity index (χ4n) is 7.76. The van der Waals surface area contributed by atoms with Crippen LogP contribution in [-0.2, 0) is 0 Å². The first-order valence-electron chi connectivity index (χ1n) is 18.1. The molecule has 0 fully saturated rings. The number of H-pyrrole nitrogens is 2. The van der Waals surface area contributed by atoms with Crippen LogP contribution in [0.15, 0.2) is 140 Å². The first-order chi connectivity index (χ1) is 25.9. The fraction of sp³-hybridized carbons (Fsp3) is 0.0833. The van der Waals surface area contributed by atoms with Crippen LogP contribution in [0.1, 0.15) is 50.5 Å². The fourth-order valence-corrected chi connectivity index (χ4v) is 7.76. The van der Waals surface area contributed by atoms with Crippen LogP contribution in [0.25, 0.3) is 88.9 Å². The summed E-state index contributed by atoms with van der Waals surface area (Å²) in [5, 5.41) is 0. The summed E-state index contributed by atoms with van der Waals surface area (Å²) in [6, 6.07) is 48.6. The van der Waals surface area contributed by atoms with E-state index in [0.717, 1.165) is 117 Å². The van der Waals surface area contributed by atoms with E-state index >= 15 is 0 Å². The van der Waals surface area contributed by atoms with E-state index in [4.69, 9.17) is 15.7 Å². The smallest absolute Gasteiger partial charge is 0.0769 e. The maximum Gasteiger partial charge on any atom is 0.0769 e. The molecule has 0 amide bonds. The van der Waals surface area contributed by atoms with Crippen molar-refractivity contribution in [3.63, 3.8) is 0 Å². The molecule has 5 heterocycles. The Morgan fingerprint density at radius 3 is 0.887 bits per heavy atom. The molecule has 0 radical (unpaired) electrons. The number of hydrogen-bond donors (Lipinski definition) is 3. The molecule has 0 atom stereocenters. The Kier molecular flexibility index (Phi) is 7.78. The van der Waals surface area contributed by atoms with Gasteiger partial charge in [-0.25, -0.2) is 9.97 Å². The average molecular weight is 686 g/mol. The zero-order chi connectivity index (χ0) is 36.2. The lowest BCUT2D eigenvalue weighted by atomic mass is 9.96. The number of aromatic amines is 2. The molecule has 0 saturated carbocycles. The van der Waals surface area contributed by atoms with E-state index in [1.807, 2.05) is 12.1 Å². The second-order valence-corrected chi connectivity index (χ2v) is 13.9. The van der Waals surface area contributed by atoms with Gasteiger partial charge < -0.3 is 15.7 Å². The van der Waals surface area contributed by atoms with Gasteiger partial charge in [0.25, 0.3) is 0 Å². The van der Waals surface area contributed by atoms with E-state index in [9.17, 15) is 0 Å². The first-order valence-corrected chi connectivity index (χ1v) is 18.1. The number of nitrogens with zero attached hydrogens (tertiary/aromatic N) is 2. The van der Waals surface area contributed by atoms with Gasteiger partial charge in [-0.1, -0.05) is 103 Å². The monoisotopic (exact) mass is 685 g/mol. The van der Waals surface area contributed by atoms with Gasteiger partial charge in [-0.05, 0) is 109 Å². The lowest BCUT2D eigenvalue weighted by Gasteiger charge is -2.08. The third kappa shape index (κ3) is 5.40. The number of nitrogen functional groups attached to an aromatic ring is 1. The SMILES string of the molecule is CC1=C(C)c2nc1c(-c1ccccc1)c1ccc([nH]1)c(-c1ccccc1)c1nc(c(-c3ccc(N)cc3)c3ccc([nH]3)c2-c2ccccc2)C(C)=C1C. The molecule has 0 aliphatic carbocycles. The number of allylic oxidation sites excluding steroid dienone is 4. The van der Waals surface area contributed by atoms with Crippen molar-refractivity contribution >= 4 is 50.0 Å². The zero-order valence-electron chi connectivity index (χ0n) is 30.3. The molecule has 2 aliphatic rings. The van der Waals surface area contributed by atoms with Crippen LogP contribution in [0, 0.1) is 0 Å². The highest BCUT2D eigenvalue weighted by atomic mass is 14.8. The minimum absolute atomic E-state index is 0.719. The van der Waals surface area contributed by atoms with Crippen molar-refractivity contribution < 1.29 is 0 Å².